The van der Waals surface area contributed by atoms with Crippen molar-refractivity contribution < 1.29 is 9.90 Å². The van der Waals surface area contributed by atoms with Gasteiger partial charge in [0.25, 0.3) is 0 Å². The summed E-state index contributed by atoms with van der Waals surface area (Å²) in [6.07, 6.45) is 2.00. The molecule has 3 aromatic rings. The normalized spacial score (nSPS) is 18.1. The van der Waals surface area contributed by atoms with Gasteiger partial charge >= 0.3 is 0 Å². The summed E-state index contributed by atoms with van der Waals surface area (Å²) in [6.45, 7) is 1.84. The lowest BCUT2D eigenvalue weighted by Gasteiger charge is -2.27. The predicted octanol–water partition coefficient (Wildman–Crippen LogP) is 1.79. The Balaban J connectivity index is 1.31. The van der Waals surface area contributed by atoms with Crippen molar-refractivity contribution in [3.05, 3.63) is 47.4 Å². The molecule has 1 aromatic carbocycles. The minimum absolute atomic E-state index is 0.0798. The maximum absolute atomic E-state index is 12.8. The summed E-state index contributed by atoms with van der Waals surface area (Å²) in [5, 5.41) is 23.1. The first kappa shape index (κ1) is 15.6. The number of nitrogens with zero attached hydrogens (tertiary/aromatic N) is 4. The highest BCUT2D eigenvalue weighted by atomic mass is 16.3. The van der Waals surface area contributed by atoms with Crippen molar-refractivity contribution in [2.24, 2.45) is 5.92 Å². The Labute approximate surface area is 150 Å². The third-order valence-electron chi connectivity index (χ3n) is 5.41. The molecule has 2 N–H and O–H groups in total. The number of para-hydroxylation sites is 1. The molecule has 5 rings (SSSR count). The molecule has 134 valence electrons. The lowest BCUT2D eigenvalue weighted by atomic mass is 10.1. The Hall–Kier alpha value is -2.67. The number of aromatic amines is 1. The molecule has 2 aliphatic rings. The number of fused-ring (bicyclic) bond motifs is 2. The number of aliphatic hydroxyl groups is 1. The van der Waals surface area contributed by atoms with E-state index in [2.05, 4.69) is 15.3 Å². The summed E-state index contributed by atoms with van der Waals surface area (Å²) in [4.78, 5) is 14.6. The van der Waals surface area contributed by atoms with Crippen LogP contribution in [0.1, 0.15) is 36.0 Å². The first-order chi connectivity index (χ1) is 12.7. The van der Waals surface area contributed by atoms with Crippen LogP contribution in [0.25, 0.3) is 10.9 Å². The molecule has 1 aliphatic heterocycles. The molecule has 0 bridgehead atoms. The van der Waals surface area contributed by atoms with Gasteiger partial charge in [-0.15, -0.1) is 0 Å². The summed E-state index contributed by atoms with van der Waals surface area (Å²) in [6, 6.07) is 9.77. The number of hydrogen-bond donors (Lipinski definition) is 2. The number of carbonyl (C=O) groups is 1. The number of hydrogen-bond acceptors (Lipinski definition) is 4. The van der Waals surface area contributed by atoms with E-state index in [1.807, 2.05) is 39.9 Å². The Bertz CT molecular complexity index is 971. The number of aliphatic hydroxyl groups excluding tert-OH is 1. The Kier molecular flexibility index (Phi) is 3.56. The molecule has 1 saturated carbocycles. The quantitative estimate of drug-likeness (QED) is 0.750. The first-order valence-electron chi connectivity index (χ1n) is 9.13. The standard InChI is InChI=1S/C19H21N5O2/c25-18(10-16-14-3-1-2-4-15(14)20-21-16)23-7-8-24-13(11-23)9-17(22-24)19(26)12-5-6-12/h1-4,9,12,19,26H,5-8,10-11H2,(H,20,21). The van der Waals surface area contributed by atoms with Crippen molar-refractivity contribution in [3.8, 4) is 0 Å². The largest absolute Gasteiger partial charge is 0.386 e. The number of rotatable bonds is 4. The molecule has 7 heteroatoms. The third kappa shape index (κ3) is 2.68. The van der Waals surface area contributed by atoms with Crippen molar-refractivity contribution in [1.29, 1.82) is 0 Å². The van der Waals surface area contributed by atoms with Gasteiger partial charge in [0.05, 0.1) is 42.1 Å². The number of nitrogens with one attached hydrogen (secondary N) is 1. The summed E-state index contributed by atoms with van der Waals surface area (Å²) >= 11 is 0. The van der Waals surface area contributed by atoms with E-state index >= 15 is 0 Å². The molecule has 0 radical (unpaired) electrons. The SMILES string of the molecule is O=C(Cc1[nH]nc2ccccc12)N1CCn2nc(C(O)C3CC3)cc2C1. The van der Waals surface area contributed by atoms with Crippen molar-refractivity contribution >= 4 is 16.8 Å². The fourth-order valence-corrected chi connectivity index (χ4v) is 3.71. The molecule has 0 spiro atoms. The van der Waals surface area contributed by atoms with E-state index in [9.17, 15) is 9.90 Å². The van der Waals surface area contributed by atoms with E-state index in [-0.39, 0.29) is 5.91 Å². The van der Waals surface area contributed by atoms with E-state index in [0.717, 1.165) is 40.8 Å². The molecule has 0 saturated heterocycles. The van der Waals surface area contributed by atoms with Crippen LogP contribution in [-0.2, 0) is 24.3 Å². The van der Waals surface area contributed by atoms with Crippen LogP contribution in [0.4, 0.5) is 0 Å². The molecule has 26 heavy (non-hydrogen) atoms. The van der Waals surface area contributed by atoms with E-state index in [4.69, 9.17) is 0 Å². The molecule has 1 aliphatic carbocycles. The Morgan fingerprint density at radius 1 is 1.31 bits per heavy atom. The number of H-pyrrole nitrogens is 1. The average Bonchev–Trinajstić information content (AvgIpc) is 3.30. The van der Waals surface area contributed by atoms with Gasteiger partial charge in [-0.1, -0.05) is 18.2 Å². The van der Waals surface area contributed by atoms with Gasteiger partial charge in [0.1, 0.15) is 6.10 Å². The monoisotopic (exact) mass is 351 g/mol. The van der Waals surface area contributed by atoms with E-state index in [1.165, 1.54) is 0 Å². The summed E-state index contributed by atoms with van der Waals surface area (Å²) in [5.74, 6) is 0.439. The number of aromatic nitrogens is 4. The lowest BCUT2D eigenvalue weighted by Crippen LogP contribution is -2.39. The highest BCUT2D eigenvalue weighted by Crippen LogP contribution is 2.40. The van der Waals surface area contributed by atoms with Gasteiger partial charge < -0.3 is 10.0 Å². The van der Waals surface area contributed by atoms with Crippen LogP contribution in [-0.4, -0.2) is 42.4 Å². The molecular weight excluding hydrogens is 330 g/mol. The van der Waals surface area contributed by atoms with Gasteiger partial charge in [0, 0.05) is 11.9 Å². The van der Waals surface area contributed by atoms with Crippen LogP contribution in [0, 0.1) is 5.92 Å². The Morgan fingerprint density at radius 3 is 3.00 bits per heavy atom. The lowest BCUT2D eigenvalue weighted by molar-refractivity contribution is -0.132. The van der Waals surface area contributed by atoms with Crippen molar-refractivity contribution in [2.45, 2.75) is 38.5 Å². The minimum atomic E-state index is -0.464. The van der Waals surface area contributed by atoms with Gasteiger partial charge in [-0.2, -0.15) is 10.2 Å². The van der Waals surface area contributed by atoms with E-state index in [0.29, 0.717) is 32.0 Å². The Morgan fingerprint density at radius 2 is 2.15 bits per heavy atom. The molecular formula is C19H21N5O2. The zero-order valence-corrected chi connectivity index (χ0v) is 14.4. The molecule has 3 heterocycles. The van der Waals surface area contributed by atoms with Crippen molar-refractivity contribution in [2.75, 3.05) is 6.54 Å². The molecule has 1 fully saturated rings. The van der Waals surface area contributed by atoms with E-state index < -0.39 is 6.10 Å². The van der Waals surface area contributed by atoms with Crippen LogP contribution in [0.3, 0.4) is 0 Å². The number of benzene rings is 1. The predicted molar refractivity (Wildman–Crippen MR) is 95.1 cm³/mol. The summed E-state index contributed by atoms with van der Waals surface area (Å²) in [5.41, 5.74) is 3.48. The van der Waals surface area contributed by atoms with Crippen molar-refractivity contribution in [1.82, 2.24) is 24.9 Å². The highest BCUT2D eigenvalue weighted by molar-refractivity contribution is 5.87. The topological polar surface area (TPSA) is 87.0 Å². The first-order valence-corrected chi connectivity index (χ1v) is 9.13. The number of amides is 1. The second-order valence-electron chi connectivity index (χ2n) is 7.28. The fourth-order valence-electron chi connectivity index (χ4n) is 3.71. The zero-order chi connectivity index (χ0) is 17.7. The number of carbonyl (C=O) groups excluding carboxylic acids is 1. The van der Waals surface area contributed by atoms with Crippen LogP contribution in [0.15, 0.2) is 30.3 Å². The minimum Gasteiger partial charge on any atom is -0.386 e. The fraction of sp³-hybridized carbons (Fsp3) is 0.421. The molecule has 1 atom stereocenters. The maximum atomic E-state index is 12.8. The van der Waals surface area contributed by atoms with Crippen LogP contribution in [0.5, 0.6) is 0 Å². The van der Waals surface area contributed by atoms with Crippen molar-refractivity contribution in [3.63, 3.8) is 0 Å². The van der Waals surface area contributed by atoms with Crippen LogP contribution in [0.2, 0.25) is 0 Å². The third-order valence-corrected chi connectivity index (χ3v) is 5.41. The van der Waals surface area contributed by atoms with Gasteiger partial charge in [-0.05, 0) is 30.9 Å². The van der Waals surface area contributed by atoms with Gasteiger partial charge in [0.15, 0.2) is 0 Å². The van der Waals surface area contributed by atoms with Gasteiger partial charge in [-0.25, -0.2) is 0 Å². The van der Waals surface area contributed by atoms with E-state index in [1.54, 1.807) is 0 Å². The molecule has 1 unspecified atom stereocenters. The smallest absolute Gasteiger partial charge is 0.229 e. The highest BCUT2D eigenvalue weighted by Gasteiger charge is 2.33. The van der Waals surface area contributed by atoms with Gasteiger partial charge in [-0.3, -0.25) is 14.6 Å². The second-order valence-corrected chi connectivity index (χ2v) is 7.28. The summed E-state index contributed by atoms with van der Waals surface area (Å²) < 4.78 is 1.93. The average molecular weight is 351 g/mol. The second kappa shape index (κ2) is 5.95. The molecule has 7 nitrogen and oxygen atoms in total. The zero-order valence-electron chi connectivity index (χ0n) is 14.4. The van der Waals surface area contributed by atoms with Crippen LogP contribution < -0.4 is 0 Å². The molecule has 2 aromatic heterocycles. The maximum Gasteiger partial charge on any atom is 0.229 e. The molecule has 1 amide bonds. The van der Waals surface area contributed by atoms with Gasteiger partial charge in [0.2, 0.25) is 5.91 Å². The van der Waals surface area contributed by atoms with Crippen LogP contribution >= 0.6 is 0 Å². The summed E-state index contributed by atoms with van der Waals surface area (Å²) in [7, 11) is 0.